The summed E-state index contributed by atoms with van der Waals surface area (Å²) in [5, 5.41) is 20.2. The fourth-order valence-electron chi connectivity index (χ4n) is 2.14. The van der Waals surface area contributed by atoms with Gasteiger partial charge < -0.3 is 5.11 Å². The number of aryl methyl sites for hydroxylation is 2. The molecule has 0 saturated carbocycles. The number of carbonyl (C=O) groups excluding carboxylic acids is 1. The van der Waals surface area contributed by atoms with E-state index in [0.29, 0.717) is 11.1 Å². The Balaban J connectivity index is 2.26. The van der Waals surface area contributed by atoms with Gasteiger partial charge in [-0.3, -0.25) is 14.9 Å². The molecule has 0 aliphatic carbocycles. The van der Waals surface area contributed by atoms with Crippen molar-refractivity contribution in [3.63, 3.8) is 0 Å². The normalized spacial score (nSPS) is 10.8. The van der Waals surface area contributed by atoms with Gasteiger partial charge in [0.25, 0.3) is 0 Å². The number of nitrogens with zero attached hydrogens (tertiary/aromatic N) is 1. The number of hydrogen-bond donors (Lipinski definition) is 1. The van der Waals surface area contributed by atoms with Gasteiger partial charge in [-0.15, -0.1) is 0 Å². The molecule has 112 valence electrons. The molecular weight excluding hydrogens is 282 g/mol. The van der Waals surface area contributed by atoms with Crippen molar-refractivity contribution < 1.29 is 14.8 Å². The SMILES string of the molecule is Cc1ccc(C(=O)/C=C/c2ccc(O)c([N+](=O)[O-])c2)c(C)c1. The number of aromatic hydroxyl groups is 1. The zero-order valence-electron chi connectivity index (χ0n) is 12.2. The van der Waals surface area contributed by atoms with Gasteiger partial charge in [0.1, 0.15) is 0 Å². The molecule has 0 bridgehead atoms. The molecule has 0 unspecified atom stereocenters. The highest BCUT2D eigenvalue weighted by Gasteiger charge is 2.13. The molecule has 2 rings (SSSR count). The lowest BCUT2D eigenvalue weighted by Gasteiger charge is -2.03. The number of carbonyl (C=O) groups is 1. The maximum absolute atomic E-state index is 12.2. The van der Waals surface area contributed by atoms with Gasteiger partial charge in [0, 0.05) is 11.6 Å². The van der Waals surface area contributed by atoms with Crippen LogP contribution in [0.1, 0.15) is 27.0 Å². The van der Waals surface area contributed by atoms with Crippen LogP contribution < -0.4 is 0 Å². The maximum Gasteiger partial charge on any atom is 0.311 e. The third kappa shape index (κ3) is 3.38. The Hall–Kier alpha value is -2.95. The molecule has 5 nitrogen and oxygen atoms in total. The number of allylic oxidation sites excluding steroid dienone is 1. The summed E-state index contributed by atoms with van der Waals surface area (Å²) in [5.41, 5.74) is 2.64. The minimum absolute atomic E-state index is 0.173. The molecule has 2 aromatic rings. The van der Waals surface area contributed by atoms with Crippen molar-refractivity contribution in [2.75, 3.05) is 0 Å². The van der Waals surface area contributed by atoms with Crippen molar-refractivity contribution in [3.05, 3.63) is 74.8 Å². The van der Waals surface area contributed by atoms with Crippen LogP contribution in [0.4, 0.5) is 5.69 Å². The smallest absolute Gasteiger partial charge is 0.311 e. The molecule has 0 spiro atoms. The van der Waals surface area contributed by atoms with E-state index in [-0.39, 0.29) is 11.5 Å². The predicted molar refractivity (Wildman–Crippen MR) is 84.0 cm³/mol. The van der Waals surface area contributed by atoms with E-state index >= 15 is 0 Å². The Kier molecular flexibility index (Phi) is 4.36. The van der Waals surface area contributed by atoms with E-state index in [2.05, 4.69) is 0 Å². The predicted octanol–water partition coefficient (Wildman–Crippen LogP) is 3.81. The van der Waals surface area contributed by atoms with Gasteiger partial charge in [0.05, 0.1) is 4.92 Å². The minimum atomic E-state index is -0.668. The lowest BCUT2D eigenvalue weighted by Crippen LogP contribution is -1.98. The molecule has 5 heteroatoms. The summed E-state index contributed by atoms with van der Waals surface area (Å²) in [6.07, 6.45) is 2.86. The van der Waals surface area contributed by atoms with Crippen LogP contribution in [0.5, 0.6) is 5.75 Å². The molecule has 0 atom stereocenters. The third-order valence-corrected chi connectivity index (χ3v) is 3.27. The van der Waals surface area contributed by atoms with Gasteiger partial charge in [-0.1, -0.05) is 35.9 Å². The van der Waals surface area contributed by atoms with Crippen LogP contribution in [0.2, 0.25) is 0 Å². The molecule has 0 aliphatic heterocycles. The van der Waals surface area contributed by atoms with E-state index in [9.17, 15) is 20.0 Å². The number of hydrogen-bond acceptors (Lipinski definition) is 4. The average molecular weight is 297 g/mol. The Morgan fingerprint density at radius 2 is 1.91 bits per heavy atom. The molecule has 0 heterocycles. The van der Waals surface area contributed by atoms with Crippen LogP contribution in [0.25, 0.3) is 6.08 Å². The highest BCUT2D eigenvalue weighted by atomic mass is 16.6. The molecular formula is C17H15NO4. The van der Waals surface area contributed by atoms with Gasteiger partial charge in [0.15, 0.2) is 11.5 Å². The second kappa shape index (κ2) is 6.22. The monoisotopic (exact) mass is 297 g/mol. The first-order chi connectivity index (χ1) is 10.4. The Morgan fingerprint density at radius 1 is 1.18 bits per heavy atom. The van der Waals surface area contributed by atoms with Crippen molar-refractivity contribution >= 4 is 17.5 Å². The zero-order chi connectivity index (χ0) is 16.3. The molecule has 22 heavy (non-hydrogen) atoms. The molecule has 2 aromatic carbocycles. The second-order valence-corrected chi connectivity index (χ2v) is 5.02. The number of ketones is 1. The highest BCUT2D eigenvalue weighted by Crippen LogP contribution is 2.26. The van der Waals surface area contributed by atoms with Gasteiger partial charge in [0.2, 0.25) is 0 Å². The van der Waals surface area contributed by atoms with Gasteiger partial charge in [-0.05, 0) is 37.1 Å². The van der Waals surface area contributed by atoms with Crippen molar-refractivity contribution in [2.24, 2.45) is 0 Å². The second-order valence-electron chi connectivity index (χ2n) is 5.02. The highest BCUT2D eigenvalue weighted by molar-refractivity contribution is 6.07. The molecule has 0 saturated heterocycles. The van der Waals surface area contributed by atoms with Crippen LogP contribution in [0.3, 0.4) is 0 Å². The summed E-state index contributed by atoms with van der Waals surface area (Å²) in [4.78, 5) is 22.3. The number of nitro benzene ring substituents is 1. The summed E-state index contributed by atoms with van der Waals surface area (Å²) < 4.78 is 0. The largest absolute Gasteiger partial charge is 0.502 e. The fraction of sp³-hybridized carbons (Fsp3) is 0.118. The molecule has 0 aromatic heterocycles. The van der Waals surface area contributed by atoms with Gasteiger partial charge in [-0.2, -0.15) is 0 Å². The molecule has 1 N–H and O–H groups in total. The number of rotatable bonds is 4. The van der Waals surface area contributed by atoms with Crippen LogP contribution in [-0.2, 0) is 0 Å². The van der Waals surface area contributed by atoms with Crippen LogP contribution in [0.15, 0.2) is 42.5 Å². The molecule has 0 aliphatic rings. The average Bonchev–Trinajstić information content (AvgIpc) is 2.45. The minimum Gasteiger partial charge on any atom is -0.502 e. The van der Waals surface area contributed by atoms with Crippen molar-refractivity contribution in [1.82, 2.24) is 0 Å². The maximum atomic E-state index is 12.2. The lowest BCUT2D eigenvalue weighted by molar-refractivity contribution is -0.385. The van der Waals surface area contributed by atoms with Crippen molar-refractivity contribution in [3.8, 4) is 5.75 Å². The zero-order valence-corrected chi connectivity index (χ0v) is 12.2. The van der Waals surface area contributed by atoms with E-state index < -0.39 is 10.7 Å². The molecule has 0 radical (unpaired) electrons. The Bertz CT molecular complexity index is 778. The number of phenols is 1. The lowest BCUT2D eigenvalue weighted by atomic mass is 10.0. The van der Waals surface area contributed by atoms with E-state index in [0.717, 1.165) is 11.1 Å². The number of nitro groups is 1. The molecule has 0 amide bonds. The first-order valence-electron chi connectivity index (χ1n) is 6.65. The van der Waals surface area contributed by atoms with Gasteiger partial charge >= 0.3 is 5.69 Å². The topological polar surface area (TPSA) is 80.4 Å². The van der Waals surface area contributed by atoms with E-state index in [1.807, 2.05) is 26.0 Å². The fourth-order valence-corrected chi connectivity index (χ4v) is 2.14. The van der Waals surface area contributed by atoms with E-state index in [1.54, 1.807) is 6.07 Å². The third-order valence-electron chi connectivity index (χ3n) is 3.27. The first kappa shape index (κ1) is 15.4. The van der Waals surface area contributed by atoms with Crippen LogP contribution in [-0.4, -0.2) is 15.8 Å². The standard InChI is InChI=1S/C17H15NO4/c1-11-3-6-14(12(2)9-11)16(19)7-4-13-5-8-17(20)15(10-13)18(21)22/h3-10,20H,1-2H3/b7-4+. The summed E-state index contributed by atoms with van der Waals surface area (Å²) in [5.74, 6) is -0.573. The number of benzene rings is 2. The van der Waals surface area contributed by atoms with E-state index in [1.165, 1.54) is 30.4 Å². The van der Waals surface area contributed by atoms with Crippen molar-refractivity contribution in [2.45, 2.75) is 13.8 Å². The first-order valence-corrected chi connectivity index (χ1v) is 6.65. The van der Waals surface area contributed by atoms with E-state index in [4.69, 9.17) is 0 Å². The summed E-state index contributed by atoms with van der Waals surface area (Å²) in [6, 6.07) is 9.51. The number of phenolic OH excluding ortho intramolecular Hbond substituents is 1. The van der Waals surface area contributed by atoms with Crippen molar-refractivity contribution in [1.29, 1.82) is 0 Å². The Labute approximate surface area is 127 Å². The van der Waals surface area contributed by atoms with Crippen LogP contribution >= 0.6 is 0 Å². The quantitative estimate of drug-likeness (QED) is 0.402. The van der Waals surface area contributed by atoms with Gasteiger partial charge in [-0.25, -0.2) is 0 Å². The summed E-state index contributed by atoms with van der Waals surface area (Å²) in [7, 11) is 0. The van der Waals surface area contributed by atoms with Crippen LogP contribution in [0, 0.1) is 24.0 Å². The summed E-state index contributed by atoms with van der Waals surface area (Å²) >= 11 is 0. The Morgan fingerprint density at radius 3 is 2.55 bits per heavy atom. The molecule has 0 fully saturated rings. The summed E-state index contributed by atoms with van der Waals surface area (Å²) in [6.45, 7) is 3.81.